The van der Waals surface area contributed by atoms with Crippen molar-refractivity contribution in [2.24, 2.45) is 0 Å². The topological polar surface area (TPSA) is 65.1 Å². The molecule has 1 fully saturated rings. The first-order chi connectivity index (χ1) is 15.0. The summed E-state index contributed by atoms with van der Waals surface area (Å²) in [5.74, 6) is 1.44. The molecule has 0 unspecified atom stereocenters. The smallest absolute Gasteiger partial charge is 0.192 e. The highest BCUT2D eigenvalue weighted by Gasteiger charge is 2.42. The number of fused-ring (bicyclic) bond motifs is 1. The van der Waals surface area contributed by atoms with E-state index in [0.29, 0.717) is 18.1 Å². The highest BCUT2D eigenvalue weighted by molar-refractivity contribution is 7.92. The van der Waals surface area contributed by atoms with Crippen molar-refractivity contribution in [1.29, 1.82) is 0 Å². The molecule has 0 aromatic heterocycles. The summed E-state index contributed by atoms with van der Waals surface area (Å²) >= 11 is 0. The first-order valence-corrected chi connectivity index (χ1v) is 12.6. The highest BCUT2D eigenvalue weighted by Crippen LogP contribution is 2.45. The SMILES string of the molecule is COc1cccc2c1S(=O)(=O)[C@@H](C)[C@H](c1ccc(OCCCN3CCCCC3)cc1)O2. The Hall–Kier alpha value is -2.25. The Balaban J connectivity index is 1.40. The van der Waals surface area contributed by atoms with Crippen molar-refractivity contribution in [3.05, 3.63) is 48.0 Å². The van der Waals surface area contributed by atoms with Gasteiger partial charge in [-0.15, -0.1) is 0 Å². The normalized spacial score (nSPS) is 22.9. The number of benzene rings is 2. The van der Waals surface area contributed by atoms with Crippen LogP contribution in [0.25, 0.3) is 0 Å². The van der Waals surface area contributed by atoms with Crippen LogP contribution in [0.15, 0.2) is 47.4 Å². The van der Waals surface area contributed by atoms with Crippen LogP contribution in [0, 0.1) is 0 Å². The molecule has 0 saturated carbocycles. The molecule has 2 heterocycles. The van der Waals surface area contributed by atoms with Crippen LogP contribution in [0.3, 0.4) is 0 Å². The van der Waals surface area contributed by atoms with Crippen LogP contribution in [0.4, 0.5) is 0 Å². The number of methoxy groups -OCH3 is 1. The van der Waals surface area contributed by atoms with E-state index in [1.54, 1.807) is 25.1 Å². The minimum atomic E-state index is -3.59. The molecule has 0 bridgehead atoms. The molecular formula is C24H31NO5S. The van der Waals surface area contributed by atoms with Crippen molar-refractivity contribution in [3.63, 3.8) is 0 Å². The molecule has 0 amide bonds. The summed E-state index contributed by atoms with van der Waals surface area (Å²) in [7, 11) is -2.12. The monoisotopic (exact) mass is 445 g/mol. The van der Waals surface area contributed by atoms with Gasteiger partial charge in [-0.25, -0.2) is 8.42 Å². The second-order valence-corrected chi connectivity index (χ2v) is 10.5. The van der Waals surface area contributed by atoms with Gasteiger partial charge in [0.2, 0.25) is 0 Å². The Kier molecular flexibility index (Phi) is 6.72. The van der Waals surface area contributed by atoms with Crippen molar-refractivity contribution in [2.75, 3.05) is 33.4 Å². The van der Waals surface area contributed by atoms with E-state index in [0.717, 1.165) is 24.3 Å². The number of piperidine rings is 1. The lowest BCUT2D eigenvalue weighted by molar-refractivity contribution is 0.186. The van der Waals surface area contributed by atoms with Gasteiger partial charge in [-0.05, 0) is 69.1 Å². The van der Waals surface area contributed by atoms with Crippen LogP contribution in [0.5, 0.6) is 17.2 Å². The molecule has 2 aliphatic rings. The maximum Gasteiger partial charge on any atom is 0.192 e. The van der Waals surface area contributed by atoms with Crippen LogP contribution in [-0.2, 0) is 9.84 Å². The van der Waals surface area contributed by atoms with E-state index in [-0.39, 0.29) is 4.90 Å². The van der Waals surface area contributed by atoms with Gasteiger partial charge in [-0.1, -0.05) is 24.6 Å². The van der Waals surface area contributed by atoms with Gasteiger partial charge < -0.3 is 19.1 Å². The summed E-state index contributed by atoms with van der Waals surface area (Å²) in [5, 5.41) is -0.729. The van der Waals surface area contributed by atoms with Crippen molar-refractivity contribution < 1.29 is 22.6 Å². The summed E-state index contributed by atoms with van der Waals surface area (Å²) in [4.78, 5) is 2.64. The van der Waals surface area contributed by atoms with Crippen LogP contribution in [0.1, 0.15) is 44.3 Å². The number of ether oxygens (including phenoxy) is 3. The minimum Gasteiger partial charge on any atom is -0.495 e. The number of hydrogen-bond donors (Lipinski definition) is 0. The summed E-state index contributed by atoms with van der Waals surface area (Å²) in [6.45, 7) is 5.83. The lowest BCUT2D eigenvalue weighted by Crippen LogP contribution is -2.34. The van der Waals surface area contributed by atoms with Gasteiger partial charge in [0.25, 0.3) is 0 Å². The Morgan fingerprint density at radius 2 is 1.81 bits per heavy atom. The second-order valence-electron chi connectivity index (χ2n) is 8.25. The lowest BCUT2D eigenvalue weighted by atomic mass is 10.1. The molecule has 0 N–H and O–H groups in total. The van der Waals surface area contributed by atoms with Gasteiger partial charge >= 0.3 is 0 Å². The predicted octanol–water partition coefficient (Wildman–Crippen LogP) is 4.25. The van der Waals surface area contributed by atoms with Crippen molar-refractivity contribution in [3.8, 4) is 17.2 Å². The van der Waals surface area contributed by atoms with Crippen LogP contribution >= 0.6 is 0 Å². The average molecular weight is 446 g/mol. The maximum atomic E-state index is 13.2. The Bertz CT molecular complexity index is 984. The van der Waals surface area contributed by atoms with Crippen LogP contribution in [-0.4, -0.2) is 51.9 Å². The zero-order valence-corrected chi connectivity index (χ0v) is 19.1. The van der Waals surface area contributed by atoms with Gasteiger partial charge in [0.15, 0.2) is 14.7 Å². The van der Waals surface area contributed by atoms with E-state index in [9.17, 15) is 8.42 Å². The van der Waals surface area contributed by atoms with Gasteiger partial charge in [-0.2, -0.15) is 0 Å². The van der Waals surface area contributed by atoms with E-state index in [1.165, 1.54) is 39.5 Å². The Labute approximate surface area is 185 Å². The number of sulfone groups is 1. The molecule has 168 valence electrons. The molecule has 7 heteroatoms. The zero-order chi connectivity index (χ0) is 21.8. The number of nitrogens with zero attached hydrogens (tertiary/aromatic N) is 1. The largest absolute Gasteiger partial charge is 0.495 e. The maximum absolute atomic E-state index is 13.2. The van der Waals surface area contributed by atoms with Crippen molar-refractivity contribution in [2.45, 2.75) is 48.9 Å². The summed E-state index contributed by atoms with van der Waals surface area (Å²) in [6.07, 6.45) is 4.37. The third-order valence-electron chi connectivity index (χ3n) is 6.16. The van der Waals surface area contributed by atoms with E-state index in [4.69, 9.17) is 14.2 Å². The fourth-order valence-electron chi connectivity index (χ4n) is 4.36. The van der Waals surface area contributed by atoms with Crippen LogP contribution < -0.4 is 14.2 Å². The molecule has 2 aromatic rings. The zero-order valence-electron chi connectivity index (χ0n) is 18.2. The van der Waals surface area contributed by atoms with Gasteiger partial charge in [0.05, 0.1) is 13.7 Å². The van der Waals surface area contributed by atoms with Crippen molar-refractivity contribution >= 4 is 9.84 Å². The average Bonchev–Trinajstić information content (AvgIpc) is 2.80. The van der Waals surface area contributed by atoms with Gasteiger partial charge in [0.1, 0.15) is 28.6 Å². The Morgan fingerprint density at radius 1 is 1.06 bits per heavy atom. The third kappa shape index (κ3) is 4.67. The molecular weight excluding hydrogens is 414 g/mol. The first kappa shape index (κ1) is 22.0. The third-order valence-corrected chi connectivity index (χ3v) is 8.36. The van der Waals surface area contributed by atoms with Gasteiger partial charge in [0, 0.05) is 6.54 Å². The first-order valence-electron chi connectivity index (χ1n) is 11.0. The molecule has 0 spiro atoms. The standard InChI is InChI=1S/C24H31NO5S/c1-18-23(30-22-9-6-8-21(28-2)24(22)31(18,26)27)19-10-12-20(13-11-19)29-17-7-16-25-14-4-3-5-15-25/h6,8-13,18,23H,3-5,7,14-17H2,1-2H3/t18-,23+/m0/s1. The summed E-state index contributed by atoms with van der Waals surface area (Å²) in [5.41, 5.74) is 0.810. The number of hydrogen-bond acceptors (Lipinski definition) is 6. The minimum absolute atomic E-state index is 0.134. The Morgan fingerprint density at radius 3 is 2.52 bits per heavy atom. The van der Waals surface area contributed by atoms with E-state index < -0.39 is 21.2 Å². The van der Waals surface area contributed by atoms with E-state index >= 15 is 0 Å². The van der Waals surface area contributed by atoms with Crippen molar-refractivity contribution in [1.82, 2.24) is 4.90 Å². The van der Waals surface area contributed by atoms with Gasteiger partial charge in [-0.3, -0.25) is 0 Å². The summed E-state index contributed by atoms with van der Waals surface area (Å²) in [6, 6.07) is 12.6. The lowest BCUT2D eigenvalue weighted by Gasteiger charge is -2.32. The highest BCUT2D eigenvalue weighted by atomic mass is 32.2. The van der Waals surface area contributed by atoms with Crippen LogP contribution in [0.2, 0.25) is 0 Å². The number of likely N-dealkylation sites (tertiary alicyclic amines) is 1. The molecule has 31 heavy (non-hydrogen) atoms. The predicted molar refractivity (Wildman–Crippen MR) is 120 cm³/mol. The fourth-order valence-corrected chi connectivity index (χ4v) is 6.10. The molecule has 2 aliphatic heterocycles. The second kappa shape index (κ2) is 9.49. The molecule has 0 aliphatic carbocycles. The molecule has 1 saturated heterocycles. The molecule has 2 aromatic carbocycles. The van der Waals surface area contributed by atoms with E-state index in [2.05, 4.69) is 4.90 Å². The fraction of sp³-hybridized carbons (Fsp3) is 0.500. The molecule has 2 atom stereocenters. The quantitative estimate of drug-likeness (QED) is 0.594. The molecule has 0 radical (unpaired) electrons. The summed E-state index contributed by atoms with van der Waals surface area (Å²) < 4.78 is 43.6. The number of rotatable bonds is 7. The molecule has 6 nitrogen and oxygen atoms in total. The van der Waals surface area contributed by atoms with E-state index in [1.807, 2.05) is 24.3 Å². The molecule has 4 rings (SSSR count).